The lowest BCUT2D eigenvalue weighted by Crippen LogP contribution is -2.22. The van der Waals surface area contributed by atoms with Crippen molar-refractivity contribution >= 4 is 28.9 Å². The first-order valence-electron chi connectivity index (χ1n) is 8.18. The molecule has 27 heavy (non-hydrogen) atoms. The third kappa shape index (κ3) is 3.06. The number of hydrogen-bond acceptors (Lipinski definition) is 4. The Morgan fingerprint density at radius 1 is 1.19 bits per heavy atom. The van der Waals surface area contributed by atoms with E-state index in [4.69, 9.17) is 0 Å². The minimum absolute atomic E-state index is 0.0524. The second-order valence-corrected chi connectivity index (χ2v) is 7.31. The number of phenols is 1. The molecule has 5 nitrogen and oxygen atoms in total. The van der Waals surface area contributed by atoms with Crippen LogP contribution < -0.4 is 5.32 Å². The molecule has 1 aliphatic heterocycles. The summed E-state index contributed by atoms with van der Waals surface area (Å²) >= 11 is 1.08. The minimum atomic E-state index is -1.13. The van der Waals surface area contributed by atoms with Gasteiger partial charge in [0, 0.05) is 22.8 Å². The van der Waals surface area contributed by atoms with Crippen LogP contribution in [0.3, 0.4) is 0 Å². The maximum Gasteiger partial charge on any atom is 0.346 e. The summed E-state index contributed by atoms with van der Waals surface area (Å²) in [6.45, 7) is 0. The summed E-state index contributed by atoms with van der Waals surface area (Å²) < 4.78 is 13.7. The summed E-state index contributed by atoms with van der Waals surface area (Å²) in [4.78, 5) is 24.9. The highest BCUT2D eigenvalue weighted by Crippen LogP contribution is 2.49. The number of phenolic OH excluding ortho intramolecular Hbond substituents is 1. The molecule has 0 saturated carbocycles. The normalized spacial score (nSPS) is 15.9. The molecule has 3 aromatic rings. The van der Waals surface area contributed by atoms with Crippen molar-refractivity contribution in [1.82, 2.24) is 0 Å². The fourth-order valence-electron chi connectivity index (χ4n) is 3.33. The zero-order chi connectivity index (χ0) is 19.1. The van der Waals surface area contributed by atoms with Crippen LogP contribution in [0.25, 0.3) is 11.1 Å². The van der Waals surface area contributed by atoms with E-state index in [2.05, 4.69) is 5.32 Å². The summed E-state index contributed by atoms with van der Waals surface area (Å²) in [6.07, 6.45) is 0.167. The Kier molecular flexibility index (Phi) is 4.16. The number of benzene rings is 2. The van der Waals surface area contributed by atoms with Crippen molar-refractivity contribution in [3.8, 4) is 16.9 Å². The van der Waals surface area contributed by atoms with Crippen molar-refractivity contribution in [2.45, 2.75) is 12.3 Å². The Balaban J connectivity index is 1.94. The van der Waals surface area contributed by atoms with Gasteiger partial charge in [0.1, 0.15) is 16.4 Å². The van der Waals surface area contributed by atoms with E-state index in [-0.39, 0.29) is 28.9 Å². The molecule has 7 heteroatoms. The molecule has 0 aliphatic carbocycles. The van der Waals surface area contributed by atoms with Gasteiger partial charge in [-0.1, -0.05) is 24.3 Å². The van der Waals surface area contributed by atoms with Crippen LogP contribution in [0.15, 0.2) is 48.5 Å². The number of amides is 1. The Morgan fingerprint density at radius 3 is 2.59 bits per heavy atom. The molecule has 2 heterocycles. The monoisotopic (exact) mass is 383 g/mol. The third-order valence-electron chi connectivity index (χ3n) is 4.51. The van der Waals surface area contributed by atoms with E-state index in [0.717, 1.165) is 16.9 Å². The Morgan fingerprint density at radius 2 is 1.93 bits per heavy atom. The second-order valence-electron chi connectivity index (χ2n) is 6.26. The maximum absolute atomic E-state index is 13.7. The summed E-state index contributed by atoms with van der Waals surface area (Å²) in [7, 11) is 0. The molecule has 0 saturated heterocycles. The number of hydrogen-bond donors (Lipinski definition) is 3. The third-order valence-corrected chi connectivity index (χ3v) is 5.80. The second kappa shape index (κ2) is 6.51. The molecule has 0 bridgehead atoms. The molecule has 4 rings (SSSR count). The molecule has 1 atom stereocenters. The zero-order valence-electron chi connectivity index (χ0n) is 13.9. The molecule has 136 valence electrons. The fraction of sp³-hybridized carbons (Fsp3) is 0.100. The number of aromatic hydroxyl groups is 1. The van der Waals surface area contributed by atoms with Crippen LogP contribution in [0.2, 0.25) is 0 Å². The van der Waals surface area contributed by atoms with Gasteiger partial charge in [0.2, 0.25) is 5.91 Å². The Labute approximate surface area is 157 Å². The molecule has 2 aromatic carbocycles. The van der Waals surface area contributed by atoms with Crippen LogP contribution in [-0.2, 0) is 4.79 Å². The van der Waals surface area contributed by atoms with Gasteiger partial charge >= 0.3 is 5.97 Å². The molecule has 3 N–H and O–H groups in total. The lowest BCUT2D eigenvalue weighted by Gasteiger charge is -2.24. The van der Waals surface area contributed by atoms with Crippen molar-refractivity contribution in [2.24, 2.45) is 0 Å². The summed E-state index contributed by atoms with van der Waals surface area (Å²) in [5, 5.41) is 22.0. The number of carboxylic acid groups (broad SMARTS) is 1. The Hall–Kier alpha value is -3.19. The van der Waals surface area contributed by atoms with E-state index in [1.807, 2.05) is 0 Å². The van der Waals surface area contributed by atoms with Gasteiger partial charge in [0.25, 0.3) is 0 Å². The summed E-state index contributed by atoms with van der Waals surface area (Å²) in [5.74, 6) is -2.09. The highest BCUT2D eigenvalue weighted by molar-refractivity contribution is 7.15. The maximum atomic E-state index is 13.7. The highest BCUT2D eigenvalue weighted by atomic mass is 32.1. The standard InChI is InChI=1S/C20H14FNO4S/c21-12-3-1-2-11(8-12)16-17-18(27-19(16)20(25)26)14(9-15(24)22-17)10-4-6-13(23)7-5-10/h1-8,14,23H,9H2,(H,22,24)(H,25,26)/t14-/m1/s1. The molecule has 0 spiro atoms. The number of carbonyl (C=O) groups excluding carboxylic acids is 1. The molecule has 0 unspecified atom stereocenters. The number of rotatable bonds is 3. The van der Waals surface area contributed by atoms with Gasteiger partial charge in [-0.15, -0.1) is 11.3 Å². The molecular weight excluding hydrogens is 369 g/mol. The molecule has 1 aliphatic rings. The van der Waals surface area contributed by atoms with E-state index in [9.17, 15) is 24.2 Å². The molecule has 1 aromatic heterocycles. The van der Waals surface area contributed by atoms with Gasteiger partial charge in [-0.3, -0.25) is 4.79 Å². The van der Waals surface area contributed by atoms with E-state index in [1.165, 1.54) is 30.3 Å². The number of halogens is 1. The van der Waals surface area contributed by atoms with Gasteiger partial charge in [-0.25, -0.2) is 9.18 Å². The molecule has 0 fully saturated rings. The van der Waals surface area contributed by atoms with Crippen molar-refractivity contribution in [3.05, 3.63) is 69.7 Å². The first-order chi connectivity index (χ1) is 12.9. The number of nitrogens with one attached hydrogen (secondary N) is 1. The average molecular weight is 383 g/mol. The number of anilines is 1. The van der Waals surface area contributed by atoms with Gasteiger partial charge in [0.15, 0.2) is 0 Å². The zero-order valence-corrected chi connectivity index (χ0v) is 14.7. The number of carboxylic acids is 1. The lowest BCUT2D eigenvalue weighted by atomic mass is 9.88. The van der Waals surface area contributed by atoms with Crippen LogP contribution in [0.5, 0.6) is 5.75 Å². The highest BCUT2D eigenvalue weighted by Gasteiger charge is 2.34. The number of carbonyl (C=O) groups is 2. The van der Waals surface area contributed by atoms with Gasteiger partial charge in [-0.2, -0.15) is 0 Å². The minimum Gasteiger partial charge on any atom is -0.508 e. The van der Waals surface area contributed by atoms with E-state index < -0.39 is 11.8 Å². The summed E-state index contributed by atoms with van der Waals surface area (Å²) in [6, 6.07) is 12.1. The SMILES string of the molecule is O=C1C[C@H](c2ccc(O)cc2)c2sc(C(=O)O)c(-c3cccc(F)c3)c2N1. The van der Waals surface area contributed by atoms with E-state index >= 15 is 0 Å². The number of thiophene rings is 1. The largest absolute Gasteiger partial charge is 0.508 e. The molecule has 0 radical (unpaired) electrons. The average Bonchev–Trinajstić information content (AvgIpc) is 3.01. The van der Waals surface area contributed by atoms with Crippen molar-refractivity contribution in [1.29, 1.82) is 0 Å². The molecular formula is C20H14FNO4S. The van der Waals surface area contributed by atoms with Crippen molar-refractivity contribution in [3.63, 3.8) is 0 Å². The smallest absolute Gasteiger partial charge is 0.346 e. The quantitative estimate of drug-likeness (QED) is 0.624. The summed E-state index contributed by atoms with van der Waals surface area (Å²) in [5.41, 5.74) is 1.93. The predicted molar refractivity (Wildman–Crippen MR) is 99.9 cm³/mol. The van der Waals surface area contributed by atoms with Crippen LogP contribution in [-0.4, -0.2) is 22.1 Å². The lowest BCUT2D eigenvalue weighted by molar-refractivity contribution is -0.116. The van der Waals surface area contributed by atoms with Crippen molar-refractivity contribution < 1.29 is 24.2 Å². The van der Waals surface area contributed by atoms with Gasteiger partial charge in [-0.05, 0) is 35.4 Å². The number of fused-ring (bicyclic) bond motifs is 1. The molecule has 1 amide bonds. The van der Waals surface area contributed by atoms with Crippen LogP contribution in [0.1, 0.15) is 32.5 Å². The first kappa shape index (κ1) is 17.2. The van der Waals surface area contributed by atoms with Crippen LogP contribution in [0, 0.1) is 5.82 Å². The van der Waals surface area contributed by atoms with Gasteiger partial charge in [0.05, 0.1) is 5.69 Å². The van der Waals surface area contributed by atoms with Crippen LogP contribution in [0.4, 0.5) is 10.1 Å². The van der Waals surface area contributed by atoms with Gasteiger partial charge < -0.3 is 15.5 Å². The number of aromatic carboxylic acids is 1. The first-order valence-corrected chi connectivity index (χ1v) is 9.00. The fourth-order valence-corrected chi connectivity index (χ4v) is 4.58. The van der Waals surface area contributed by atoms with E-state index in [1.54, 1.807) is 18.2 Å². The van der Waals surface area contributed by atoms with Crippen LogP contribution >= 0.6 is 11.3 Å². The van der Waals surface area contributed by atoms with E-state index in [0.29, 0.717) is 21.7 Å². The topological polar surface area (TPSA) is 86.6 Å². The Bertz CT molecular complexity index is 1060. The van der Waals surface area contributed by atoms with Crippen molar-refractivity contribution in [2.75, 3.05) is 5.32 Å². The predicted octanol–water partition coefficient (Wildman–Crippen LogP) is 4.43.